The van der Waals surface area contributed by atoms with Gasteiger partial charge in [0.15, 0.2) is 0 Å². The van der Waals surface area contributed by atoms with Gasteiger partial charge in [0, 0.05) is 6.04 Å². The summed E-state index contributed by atoms with van der Waals surface area (Å²) >= 11 is 0. The third kappa shape index (κ3) is 3.67. The van der Waals surface area contributed by atoms with E-state index in [1.807, 2.05) is 24.0 Å². The molecule has 1 aromatic heterocycles. The maximum atomic E-state index is 13.0. The number of carbonyl (C=O) groups excluding carboxylic acids is 1. The van der Waals surface area contributed by atoms with Gasteiger partial charge in [0.2, 0.25) is 5.91 Å². The summed E-state index contributed by atoms with van der Waals surface area (Å²) in [4.78, 5) is 14.9. The predicted molar refractivity (Wildman–Crippen MR) is 83.9 cm³/mol. The van der Waals surface area contributed by atoms with Crippen molar-refractivity contribution in [3.05, 3.63) is 23.7 Å². The molecule has 1 unspecified atom stereocenters. The van der Waals surface area contributed by atoms with Gasteiger partial charge in [-0.1, -0.05) is 13.8 Å². The second-order valence-electron chi connectivity index (χ2n) is 7.05. The van der Waals surface area contributed by atoms with Crippen LogP contribution in [0.2, 0.25) is 0 Å². The summed E-state index contributed by atoms with van der Waals surface area (Å²) in [6.45, 7) is 11.9. The van der Waals surface area contributed by atoms with Gasteiger partial charge in [0.25, 0.3) is 0 Å². The van der Waals surface area contributed by atoms with Crippen LogP contribution >= 0.6 is 0 Å². The molecule has 0 radical (unpaired) electrons. The molecule has 1 fully saturated rings. The smallest absolute Gasteiger partial charge is 0.240 e. The van der Waals surface area contributed by atoms with Crippen LogP contribution in [0, 0.1) is 12.3 Å². The van der Waals surface area contributed by atoms with Gasteiger partial charge >= 0.3 is 0 Å². The van der Waals surface area contributed by atoms with Crippen molar-refractivity contribution >= 4 is 5.91 Å². The number of hydrogen-bond acceptors (Lipinski definition) is 3. The minimum Gasteiger partial charge on any atom is -0.464 e. The van der Waals surface area contributed by atoms with Crippen molar-refractivity contribution in [3.63, 3.8) is 0 Å². The van der Waals surface area contributed by atoms with Crippen LogP contribution in [0.3, 0.4) is 0 Å². The summed E-state index contributed by atoms with van der Waals surface area (Å²) in [6.07, 6.45) is 2.22. The first-order valence-electron chi connectivity index (χ1n) is 7.90. The zero-order valence-electron chi connectivity index (χ0n) is 13.9. The summed E-state index contributed by atoms with van der Waals surface area (Å²) in [6, 6.07) is 3.95. The Bertz CT molecular complexity index is 491. The minimum atomic E-state index is -0.107. The molecule has 1 amide bonds. The van der Waals surface area contributed by atoms with Gasteiger partial charge in [-0.2, -0.15) is 0 Å². The summed E-state index contributed by atoms with van der Waals surface area (Å²) in [7, 11) is 0. The Labute approximate surface area is 127 Å². The fourth-order valence-corrected chi connectivity index (χ4v) is 3.05. The van der Waals surface area contributed by atoms with E-state index in [2.05, 4.69) is 33.0 Å². The van der Waals surface area contributed by atoms with Crippen molar-refractivity contribution in [2.75, 3.05) is 6.54 Å². The molecular formula is C17H28N2O2. The normalized spacial score (nSPS) is 21.5. The molecule has 1 N–H and O–H groups in total. The fourth-order valence-electron chi connectivity index (χ4n) is 3.05. The van der Waals surface area contributed by atoms with E-state index in [9.17, 15) is 4.79 Å². The molecule has 0 bridgehead atoms. The number of hydrogen-bond donors (Lipinski definition) is 1. The molecule has 0 spiro atoms. The maximum absolute atomic E-state index is 13.0. The largest absolute Gasteiger partial charge is 0.464 e. The molecule has 118 valence electrons. The van der Waals surface area contributed by atoms with Gasteiger partial charge in [0.05, 0.1) is 12.6 Å². The van der Waals surface area contributed by atoms with E-state index in [0.717, 1.165) is 30.9 Å². The fraction of sp³-hybridized carbons (Fsp3) is 0.706. The molecule has 0 aromatic carbocycles. The van der Waals surface area contributed by atoms with Crippen molar-refractivity contribution < 1.29 is 9.21 Å². The van der Waals surface area contributed by atoms with Gasteiger partial charge in [0.1, 0.15) is 11.5 Å². The first kappa shape index (κ1) is 16.1. The van der Waals surface area contributed by atoms with Crippen LogP contribution in [-0.4, -0.2) is 29.4 Å². The molecule has 1 aromatic rings. The molecular weight excluding hydrogens is 264 g/mol. The zero-order valence-corrected chi connectivity index (χ0v) is 13.9. The van der Waals surface area contributed by atoms with E-state index in [-0.39, 0.29) is 23.4 Å². The Balaban J connectivity index is 2.15. The second kappa shape index (κ2) is 6.22. The molecule has 2 rings (SSSR count). The van der Waals surface area contributed by atoms with Crippen LogP contribution in [0.5, 0.6) is 0 Å². The van der Waals surface area contributed by atoms with Gasteiger partial charge in [-0.3, -0.25) is 4.79 Å². The highest BCUT2D eigenvalue weighted by molar-refractivity contribution is 5.83. The van der Waals surface area contributed by atoms with Crippen LogP contribution in [0.15, 0.2) is 16.5 Å². The first-order valence-corrected chi connectivity index (χ1v) is 7.90. The lowest BCUT2D eigenvalue weighted by Gasteiger charge is -2.41. The van der Waals surface area contributed by atoms with Crippen molar-refractivity contribution in [2.45, 2.75) is 66.1 Å². The molecule has 1 aliphatic heterocycles. The van der Waals surface area contributed by atoms with Gasteiger partial charge in [-0.15, -0.1) is 0 Å². The Kier molecular flexibility index (Phi) is 4.77. The van der Waals surface area contributed by atoms with Crippen LogP contribution in [0.1, 0.15) is 52.1 Å². The zero-order chi connectivity index (χ0) is 15.6. The molecule has 0 saturated carbocycles. The van der Waals surface area contributed by atoms with Crippen molar-refractivity contribution in [2.24, 2.45) is 5.41 Å². The number of aryl methyl sites for hydroxylation is 1. The average molecular weight is 292 g/mol. The standard InChI is InChI=1S/C17H28N2O2/c1-12(2)19(11-14-8-7-13(3)21-14)16(20)15-17(4,5)9-6-10-18-15/h7-8,12,15,18H,6,9-11H2,1-5H3. The molecule has 4 nitrogen and oxygen atoms in total. The van der Waals surface area contributed by atoms with E-state index < -0.39 is 0 Å². The van der Waals surface area contributed by atoms with Crippen LogP contribution in [0.25, 0.3) is 0 Å². The van der Waals surface area contributed by atoms with Crippen molar-refractivity contribution in [3.8, 4) is 0 Å². The quantitative estimate of drug-likeness (QED) is 0.927. The van der Waals surface area contributed by atoms with E-state index in [1.165, 1.54) is 0 Å². The predicted octanol–water partition coefficient (Wildman–Crippen LogP) is 3.10. The highest BCUT2D eigenvalue weighted by Crippen LogP contribution is 2.31. The number of nitrogens with zero attached hydrogens (tertiary/aromatic N) is 1. The van der Waals surface area contributed by atoms with E-state index in [1.54, 1.807) is 0 Å². The van der Waals surface area contributed by atoms with Gasteiger partial charge < -0.3 is 14.6 Å². The summed E-state index contributed by atoms with van der Waals surface area (Å²) in [5.41, 5.74) is 0.00154. The number of piperidine rings is 1. The third-order valence-electron chi connectivity index (χ3n) is 4.40. The first-order chi connectivity index (χ1) is 9.81. The summed E-state index contributed by atoms with van der Waals surface area (Å²) in [5.74, 6) is 1.92. The molecule has 2 heterocycles. The van der Waals surface area contributed by atoms with Crippen molar-refractivity contribution in [1.82, 2.24) is 10.2 Å². The monoisotopic (exact) mass is 292 g/mol. The minimum absolute atomic E-state index is 0.00154. The van der Waals surface area contributed by atoms with Gasteiger partial charge in [-0.25, -0.2) is 0 Å². The number of nitrogens with one attached hydrogen (secondary N) is 1. The molecule has 1 saturated heterocycles. The summed E-state index contributed by atoms with van der Waals surface area (Å²) in [5, 5.41) is 3.41. The van der Waals surface area contributed by atoms with E-state index in [4.69, 9.17) is 4.42 Å². The molecule has 21 heavy (non-hydrogen) atoms. The van der Waals surface area contributed by atoms with E-state index >= 15 is 0 Å². The number of furan rings is 1. The Morgan fingerprint density at radius 3 is 2.71 bits per heavy atom. The number of carbonyl (C=O) groups is 1. The summed E-state index contributed by atoms with van der Waals surface area (Å²) < 4.78 is 5.64. The molecule has 0 aliphatic carbocycles. The molecule has 4 heteroatoms. The van der Waals surface area contributed by atoms with Gasteiger partial charge in [-0.05, 0) is 57.7 Å². The second-order valence-corrected chi connectivity index (χ2v) is 7.05. The van der Waals surface area contributed by atoms with Crippen LogP contribution in [-0.2, 0) is 11.3 Å². The molecule has 1 atom stereocenters. The van der Waals surface area contributed by atoms with Crippen molar-refractivity contribution in [1.29, 1.82) is 0 Å². The molecule has 1 aliphatic rings. The highest BCUT2D eigenvalue weighted by atomic mass is 16.3. The lowest BCUT2D eigenvalue weighted by atomic mass is 9.77. The average Bonchev–Trinajstić information content (AvgIpc) is 2.80. The van der Waals surface area contributed by atoms with Crippen LogP contribution in [0.4, 0.5) is 0 Å². The maximum Gasteiger partial charge on any atom is 0.240 e. The lowest BCUT2D eigenvalue weighted by molar-refractivity contribution is -0.140. The Morgan fingerprint density at radius 2 is 2.19 bits per heavy atom. The third-order valence-corrected chi connectivity index (χ3v) is 4.40. The Hall–Kier alpha value is -1.29. The topological polar surface area (TPSA) is 45.5 Å². The lowest BCUT2D eigenvalue weighted by Crippen LogP contribution is -2.57. The SMILES string of the molecule is Cc1ccc(CN(C(=O)C2NCCCC2(C)C)C(C)C)o1. The van der Waals surface area contributed by atoms with Crippen LogP contribution < -0.4 is 5.32 Å². The van der Waals surface area contributed by atoms with E-state index in [0.29, 0.717) is 6.54 Å². The highest BCUT2D eigenvalue weighted by Gasteiger charge is 2.39. The Morgan fingerprint density at radius 1 is 1.48 bits per heavy atom. The number of rotatable bonds is 4. The number of amides is 1.